The van der Waals surface area contributed by atoms with Crippen LogP contribution in [0, 0.1) is 0 Å². The number of benzene rings is 1. The second-order valence-corrected chi connectivity index (χ2v) is 7.99. The van der Waals surface area contributed by atoms with Crippen molar-refractivity contribution < 1.29 is 35.9 Å². The number of hydrogen-bond donors (Lipinski definition) is 1. The summed E-state index contributed by atoms with van der Waals surface area (Å²) < 4.78 is 72.2. The third-order valence-corrected chi connectivity index (χ3v) is 5.25. The molecule has 1 amide bonds. The van der Waals surface area contributed by atoms with E-state index in [-0.39, 0.29) is 36.0 Å². The molecule has 0 spiro atoms. The first-order valence-corrected chi connectivity index (χ1v) is 9.73. The molecule has 1 saturated heterocycles. The van der Waals surface area contributed by atoms with Crippen molar-refractivity contribution in [3.8, 4) is 5.75 Å². The van der Waals surface area contributed by atoms with Crippen LogP contribution in [0.15, 0.2) is 29.2 Å². The number of carbonyl (C=O) groups is 1. The highest BCUT2D eigenvalue weighted by atomic mass is 32.2. The molecule has 0 aromatic heterocycles. The summed E-state index contributed by atoms with van der Waals surface area (Å²) in [5.74, 6) is -0.721. The highest BCUT2D eigenvalue weighted by molar-refractivity contribution is 7.89. The zero-order valence-corrected chi connectivity index (χ0v) is 15.6. The van der Waals surface area contributed by atoms with Gasteiger partial charge in [-0.2, -0.15) is 0 Å². The van der Waals surface area contributed by atoms with Gasteiger partial charge >= 0.3 is 6.36 Å². The van der Waals surface area contributed by atoms with Crippen molar-refractivity contribution in [2.45, 2.75) is 43.7 Å². The molecule has 1 heterocycles. The molecule has 2 rings (SSSR count). The van der Waals surface area contributed by atoms with Crippen LogP contribution < -0.4 is 9.46 Å². The summed E-state index contributed by atoms with van der Waals surface area (Å²) in [7, 11) is -3.95. The number of carbonyl (C=O) groups excluding carboxylic acids is 1. The lowest BCUT2D eigenvalue weighted by Crippen LogP contribution is -2.48. The summed E-state index contributed by atoms with van der Waals surface area (Å²) in [5, 5.41) is 0. The van der Waals surface area contributed by atoms with E-state index in [1.165, 1.54) is 0 Å². The Morgan fingerprint density at radius 1 is 1.22 bits per heavy atom. The molecule has 1 fully saturated rings. The molecule has 0 bridgehead atoms. The zero-order chi connectivity index (χ0) is 20.2. The van der Waals surface area contributed by atoms with Gasteiger partial charge in [-0.3, -0.25) is 4.79 Å². The molecule has 0 aliphatic carbocycles. The first-order chi connectivity index (χ1) is 12.5. The van der Waals surface area contributed by atoms with Gasteiger partial charge in [-0.15, -0.1) is 13.2 Å². The lowest BCUT2D eigenvalue weighted by Gasteiger charge is -2.35. The van der Waals surface area contributed by atoms with Crippen molar-refractivity contribution in [2.24, 2.45) is 0 Å². The summed E-state index contributed by atoms with van der Waals surface area (Å²) in [6.07, 6.45) is -5.07. The molecule has 0 saturated carbocycles. The summed E-state index contributed by atoms with van der Waals surface area (Å²) in [5.41, 5.74) is 0. The summed E-state index contributed by atoms with van der Waals surface area (Å²) >= 11 is 0. The molecular formula is C16H21F3N2O5S. The zero-order valence-electron chi connectivity index (χ0n) is 14.8. The van der Waals surface area contributed by atoms with Gasteiger partial charge in [-0.1, -0.05) is 0 Å². The van der Waals surface area contributed by atoms with Crippen LogP contribution in [0.3, 0.4) is 0 Å². The minimum Gasteiger partial charge on any atom is -0.406 e. The Hall–Kier alpha value is -1.85. The summed E-state index contributed by atoms with van der Waals surface area (Å²) in [6.45, 7) is 4.46. The van der Waals surface area contributed by atoms with E-state index in [1.54, 1.807) is 4.90 Å². The standard InChI is InChI=1S/C16H21F3N2O5S/c1-11-9-21(10-12(2)25-11)15(22)7-8-20-27(23,24)14-5-3-13(4-6-14)26-16(17,18)19/h3-6,11-12,20H,7-10H2,1-2H3/t11-,12-/m0/s1. The van der Waals surface area contributed by atoms with Crippen LogP contribution in [-0.2, 0) is 19.6 Å². The Balaban J connectivity index is 1.88. The second kappa shape index (κ2) is 8.44. The Kier molecular flexibility index (Phi) is 6.71. The number of nitrogens with one attached hydrogen (secondary N) is 1. The molecule has 1 aliphatic rings. The monoisotopic (exact) mass is 410 g/mol. The number of rotatable bonds is 6. The van der Waals surface area contributed by atoms with Crippen molar-refractivity contribution in [2.75, 3.05) is 19.6 Å². The maximum atomic E-state index is 12.2. The van der Waals surface area contributed by atoms with Crippen molar-refractivity contribution in [1.29, 1.82) is 0 Å². The van der Waals surface area contributed by atoms with Crippen LogP contribution in [-0.4, -0.2) is 57.4 Å². The van der Waals surface area contributed by atoms with Gasteiger partial charge in [0.15, 0.2) is 0 Å². The van der Waals surface area contributed by atoms with Crippen molar-refractivity contribution >= 4 is 15.9 Å². The maximum Gasteiger partial charge on any atom is 0.573 e. The van der Waals surface area contributed by atoms with Crippen LogP contribution in [0.1, 0.15) is 20.3 Å². The average molecular weight is 410 g/mol. The van der Waals surface area contributed by atoms with Gasteiger partial charge in [-0.25, -0.2) is 13.1 Å². The van der Waals surface area contributed by atoms with Gasteiger partial charge in [0.2, 0.25) is 15.9 Å². The molecule has 27 heavy (non-hydrogen) atoms. The number of halogens is 3. The Labute approximate surface area is 155 Å². The molecule has 1 aliphatic heterocycles. The van der Waals surface area contributed by atoms with Crippen LogP contribution in [0.2, 0.25) is 0 Å². The molecule has 0 unspecified atom stereocenters. The lowest BCUT2D eigenvalue weighted by molar-refractivity contribution is -0.274. The van der Waals surface area contributed by atoms with Crippen molar-refractivity contribution in [3.05, 3.63) is 24.3 Å². The van der Waals surface area contributed by atoms with E-state index in [0.717, 1.165) is 24.3 Å². The molecule has 1 N–H and O–H groups in total. The average Bonchev–Trinajstić information content (AvgIpc) is 2.52. The molecule has 11 heteroatoms. The minimum atomic E-state index is -4.85. The van der Waals surface area contributed by atoms with E-state index >= 15 is 0 Å². The van der Waals surface area contributed by atoms with E-state index in [9.17, 15) is 26.4 Å². The predicted molar refractivity (Wildman–Crippen MR) is 89.5 cm³/mol. The minimum absolute atomic E-state index is 0.0338. The van der Waals surface area contributed by atoms with Crippen molar-refractivity contribution in [3.63, 3.8) is 0 Å². The number of alkyl halides is 3. The topological polar surface area (TPSA) is 84.9 Å². The van der Waals surface area contributed by atoms with Gasteiger partial charge in [0.1, 0.15) is 5.75 Å². The number of morpholine rings is 1. The van der Waals surface area contributed by atoms with Gasteiger partial charge < -0.3 is 14.4 Å². The third-order valence-electron chi connectivity index (χ3n) is 3.77. The SMILES string of the molecule is C[C@H]1CN(C(=O)CCNS(=O)(=O)c2ccc(OC(F)(F)F)cc2)C[C@H](C)O1. The summed E-state index contributed by atoms with van der Waals surface area (Å²) in [6, 6.07) is 3.81. The van der Waals surface area contributed by atoms with Crippen LogP contribution in [0.5, 0.6) is 5.75 Å². The summed E-state index contributed by atoms with van der Waals surface area (Å²) in [4.78, 5) is 13.6. The fraction of sp³-hybridized carbons (Fsp3) is 0.562. The van der Waals surface area contributed by atoms with E-state index < -0.39 is 22.1 Å². The molecule has 152 valence electrons. The fourth-order valence-electron chi connectivity index (χ4n) is 2.74. The van der Waals surface area contributed by atoms with Crippen molar-refractivity contribution in [1.82, 2.24) is 9.62 Å². The molecular weight excluding hydrogens is 389 g/mol. The Morgan fingerprint density at radius 3 is 2.30 bits per heavy atom. The van der Waals surface area contributed by atoms with Crippen LogP contribution in [0.4, 0.5) is 13.2 Å². The first kappa shape index (κ1) is 21.5. The highest BCUT2D eigenvalue weighted by Crippen LogP contribution is 2.23. The maximum absolute atomic E-state index is 12.2. The van der Waals surface area contributed by atoms with Gasteiger partial charge in [-0.05, 0) is 38.1 Å². The van der Waals surface area contributed by atoms with Gasteiger partial charge in [0.25, 0.3) is 0 Å². The van der Waals surface area contributed by atoms with Crippen LogP contribution >= 0.6 is 0 Å². The van der Waals surface area contributed by atoms with E-state index in [2.05, 4.69) is 9.46 Å². The van der Waals surface area contributed by atoms with E-state index in [1.807, 2.05) is 13.8 Å². The number of hydrogen-bond acceptors (Lipinski definition) is 5. The highest BCUT2D eigenvalue weighted by Gasteiger charge is 2.31. The Bertz CT molecular complexity index is 742. The number of nitrogens with zero attached hydrogens (tertiary/aromatic N) is 1. The first-order valence-electron chi connectivity index (χ1n) is 8.25. The quantitative estimate of drug-likeness (QED) is 0.774. The molecule has 1 aromatic rings. The van der Waals surface area contributed by atoms with E-state index in [0.29, 0.717) is 13.1 Å². The number of amides is 1. The molecule has 0 radical (unpaired) electrons. The third kappa shape index (κ3) is 6.67. The van der Waals surface area contributed by atoms with E-state index in [4.69, 9.17) is 4.74 Å². The predicted octanol–water partition coefficient (Wildman–Crippen LogP) is 1.89. The molecule has 7 nitrogen and oxygen atoms in total. The smallest absolute Gasteiger partial charge is 0.406 e. The number of ether oxygens (including phenoxy) is 2. The molecule has 1 aromatic carbocycles. The van der Waals surface area contributed by atoms with Gasteiger partial charge in [0.05, 0.1) is 17.1 Å². The lowest BCUT2D eigenvalue weighted by atomic mass is 10.2. The number of sulfonamides is 1. The van der Waals surface area contributed by atoms with Crippen LogP contribution in [0.25, 0.3) is 0 Å². The largest absolute Gasteiger partial charge is 0.573 e. The fourth-order valence-corrected chi connectivity index (χ4v) is 3.77. The molecule has 2 atom stereocenters. The second-order valence-electron chi connectivity index (χ2n) is 6.22. The van der Waals surface area contributed by atoms with Gasteiger partial charge in [0, 0.05) is 26.1 Å². The normalized spacial score (nSPS) is 21.1. The Morgan fingerprint density at radius 2 is 1.78 bits per heavy atom.